The Morgan fingerprint density at radius 1 is 1.04 bits per heavy atom. The molecule has 3 aromatic rings. The third-order valence-corrected chi connectivity index (χ3v) is 4.82. The molecule has 0 aliphatic carbocycles. The first-order valence-corrected chi connectivity index (χ1v) is 8.93. The van der Waals surface area contributed by atoms with Crippen LogP contribution >= 0.6 is 11.3 Å². The van der Waals surface area contributed by atoms with Gasteiger partial charge in [-0.1, -0.05) is 12.1 Å². The topological polar surface area (TPSA) is 65.0 Å². The molecule has 6 heteroatoms. The summed E-state index contributed by atoms with van der Waals surface area (Å²) >= 11 is 1.59. The Morgan fingerprint density at radius 3 is 2.68 bits per heavy atom. The number of aliphatic hydroxyl groups is 1. The molecule has 0 aliphatic rings. The highest BCUT2D eigenvalue weighted by Crippen LogP contribution is 2.27. The molecular formula is C19H20O5S. The molecule has 1 heterocycles. The summed E-state index contributed by atoms with van der Waals surface area (Å²) in [6, 6.07) is 13.1. The van der Waals surface area contributed by atoms with Crippen LogP contribution in [0, 0.1) is 0 Å². The van der Waals surface area contributed by atoms with Crippen molar-refractivity contribution < 1.29 is 19.3 Å². The SMILES string of the molecule is CC(OCCOCCO)Oc1ccc2sc3ccccc3c(=O)c2c1. The summed E-state index contributed by atoms with van der Waals surface area (Å²) in [6.45, 7) is 2.84. The Kier molecular flexibility index (Phi) is 5.99. The van der Waals surface area contributed by atoms with Crippen LogP contribution in [0.4, 0.5) is 0 Å². The molecule has 1 N–H and O–H groups in total. The smallest absolute Gasteiger partial charge is 0.197 e. The summed E-state index contributed by atoms with van der Waals surface area (Å²) in [5.74, 6) is 0.593. The summed E-state index contributed by atoms with van der Waals surface area (Å²) in [5, 5.41) is 10.0. The van der Waals surface area contributed by atoms with Crippen LogP contribution in [0.1, 0.15) is 6.92 Å². The lowest BCUT2D eigenvalue weighted by Gasteiger charge is -2.15. The molecule has 1 aromatic heterocycles. The summed E-state index contributed by atoms with van der Waals surface area (Å²) in [7, 11) is 0. The van der Waals surface area contributed by atoms with Crippen molar-refractivity contribution in [2.45, 2.75) is 13.2 Å². The minimum atomic E-state index is -0.464. The third kappa shape index (κ3) is 4.35. The largest absolute Gasteiger partial charge is 0.465 e. The van der Waals surface area contributed by atoms with Crippen molar-refractivity contribution in [3.63, 3.8) is 0 Å². The van der Waals surface area contributed by atoms with Crippen LogP contribution in [0.5, 0.6) is 5.75 Å². The first kappa shape index (κ1) is 17.8. The highest BCUT2D eigenvalue weighted by molar-refractivity contribution is 7.24. The fourth-order valence-corrected chi connectivity index (χ4v) is 3.57. The summed E-state index contributed by atoms with van der Waals surface area (Å²) in [4.78, 5) is 12.7. The van der Waals surface area contributed by atoms with Gasteiger partial charge >= 0.3 is 0 Å². The van der Waals surface area contributed by atoms with Gasteiger partial charge in [-0.3, -0.25) is 4.79 Å². The van der Waals surface area contributed by atoms with E-state index >= 15 is 0 Å². The molecule has 0 bridgehead atoms. The lowest BCUT2D eigenvalue weighted by Crippen LogP contribution is -2.19. The lowest BCUT2D eigenvalue weighted by atomic mass is 10.2. The molecule has 0 aliphatic heterocycles. The number of hydrogen-bond acceptors (Lipinski definition) is 6. The van der Waals surface area contributed by atoms with E-state index in [1.807, 2.05) is 36.4 Å². The number of benzene rings is 2. The predicted molar refractivity (Wildman–Crippen MR) is 99.5 cm³/mol. The van der Waals surface area contributed by atoms with Gasteiger partial charge in [-0.15, -0.1) is 11.3 Å². The molecule has 132 valence electrons. The molecule has 1 unspecified atom stereocenters. The number of hydrogen-bond donors (Lipinski definition) is 1. The third-order valence-electron chi connectivity index (χ3n) is 3.67. The Labute approximate surface area is 149 Å². The van der Waals surface area contributed by atoms with Crippen molar-refractivity contribution in [1.29, 1.82) is 0 Å². The van der Waals surface area contributed by atoms with Crippen molar-refractivity contribution >= 4 is 31.5 Å². The number of ether oxygens (including phenoxy) is 3. The maximum atomic E-state index is 12.7. The summed E-state index contributed by atoms with van der Waals surface area (Å²) in [6.07, 6.45) is -0.464. The van der Waals surface area contributed by atoms with Gasteiger partial charge in [0.25, 0.3) is 0 Å². The van der Waals surface area contributed by atoms with Crippen LogP contribution in [0.3, 0.4) is 0 Å². The molecule has 0 radical (unpaired) electrons. The van der Waals surface area contributed by atoms with E-state index in [2.05, 4.69) is 0 Å². The van der Waals surface area contributed by atoms with Crippen molar-refractivity contribution in [2.75, 3.05) is 26.4 Å². The fourth-order valence-electron chi connectivity index (χ4n) is 2.52. The Balaban J connectivity index is 1.73. The van der Waals surface area contributed by atoms with E-state index in [4.69, 9.17) is 19.3 Å². The van der Waals surface area contributed by atoms with E-state index in [1.54, 1.807) is 24.3 Å². The number of aliphatic hydroxyl groups excluding tert-OH is 1. The normalized spacial score (nSPS) is 12.6. The molecular weight excluding hydrogens is 340 g/mol. The molecule has 0 amide bonds. The first-order chi connectivity index (χ1) is 12.2. The van der Waals surface area contributed by atoms with Crippen LogP contribution in [-0.4, -0.2) is 37.8 Å². The zero-order chi connectivity index (χ0) is 17.6. The van der Waals surface area contributed by atoms with Gasteiger partial charge in [0.1, 0.15) is 5.75 Å². The summed E-state index contributed by atoms with van der Waals surface area (Å²) in [5.41, 5.74) is 0.0146. The van der Waals surface area contributed by atoms with E-state index in [0.29, 0.717) is 31.0 Å². The quantitative estimate of drug-likeness (QED) is 0.380. The van der Waals surface area contributed by atoms with Gasteiger partial charge < -0.3 is 19.3 Å². The Hall–Kier alpha value is -1.99. The van der Waals surface area contributed by atoms with Crippen molar-refractivity contribution in [1.82, 2.24) is 0 Å². The van der Waals surface area contributed by atoms with Gasteiger partial charge in [0.15, 0.2) is 11.7 Å². The van der Waals surface area contributed by atoms with E-state index in [9.17, 15) is 4.79 Å². The molecule has 0 spiro atoms. The zero-order valence-electron chi connectivity index (χ0n) is 13.9. The maximum Gasteiger partial charge on any atom is 0.197 e. The average molecular weight is 360 g/mol. The molecule has 3 rings (SSSR count). The second kappa shape index (κ2) is 8.40. The first-order valence-electron chi connectivity index (χ1n) is 8.11. The molecule has 0 fully saturated rings. The second-order valence-electron chi connectivity index (χ2n) is 5.48. The van der Waals surface area contributed by atoms with Crippen LogP contribution in [0.15, 0.2) is 47.3 Å². The van der Waals surface area contributed by atoms with E-state index in [1.165, 1.54) is 0 Å². The average Bonchev–Trinajstić information content (AvgIpc) is 2.62. The highest BCUT2D eigenvalue weighted by atomic mass is 32.1. The predicted octanol–water partition coefficient (Wildman–Crippen LogP) is 3.17. The van der Waals surface area contributed by atoms with Gasteiger partial charge in [-0.2, -0.15) is 0 Å². The monoisotopic (exact) mass is 360 g/mol. The van der Waals surface area contributed by atoms with Crippen molar-refractivity contribution in [2.24, 2.45) is 0 Å². The molecule has 2 aromatic carbocycles. The van der Waals surface area contributed by atoms with E-state index < -0.39 is 6.29 Å². The van der Waals surface area contributed by atoms with E-state index in [0.717, 1.165) is 14.8 Å². The standard InChI is InChI=1S/C19H20O5S/c1-13(23-11-10-22-9-8-20)24-14-6-7-18-16(12-14)19(21)15-4-2-3-5-17(15)25-18/h2-7,12-13,20H,8-11H2,1H3. The van der Waals surface area contributed by atoms with Crippen LogP contribution in [-0.2, 0) is 9.47 Å². The molecule has 0 saturated heterocycles. The van der Waals surface area contributed by atoms with Crippen molar-refractivity contribution in [3.8, 4) is 5.75 Å². The van der Waals surface area contributed by atoms with Crippen molar-refractivity contribution in [3.05, 3.63) is 52.7 Å². The van der Waals surface area contributed by atoms with Crippen LogP contribution < -0.4 is 10.2 Å². The van der Waals surface area contributed by atoms with Crippen LogP contribution in [0.25, 0.3) is 20.2 Å². The van der Waals surface area contributed by atoms with Crippen LogP contribution in [0.2, 0.25) is 0 Å². The van der Waals surface area contributed by atoms with Gasteiger partial charge in [0.05, 0.1) is 26.4 Å². The van der Waals surface area contributed by atoms with Gasteiger partial charge in [0, 0.05) is 20.2 Å². The molecule has 25 heavy (non-hydrogen) atoms. The van der Waals surface area contributed by atoms with Gasteiger partial charge in [0.2, 0.25) is 0 Å². The highest BCUT2D eigenvalue weighted by Gasteiger charge is 2.09. The molecule has 0 saturated carbocycles. The summed E-state index contributed by atoms with van der Waals surface area (Å²) < 4.78 is 18.3. The minimum absolute atomic E-state index is 0.00362. The second-order valence-corrected chi connectivity index (χ2v) is 6.56. The Bertz CT molecular complexity index is 905. The van der Waals surface area contributed by atoms with E-state index in [-0.39, 0.29) is 12.0 Å². The minimum Gasteiger partial charge on any atom is -0.465 e. The maximum absolute atomic E-state index is 12.7. The fraction of sp³-hybridized carbons (Fsp3) is 0.316. The molecule has 1 atom stereocenters. The number of fused-ring (bicyclic) bond motifs is 2. The Morgan fingerprint density at radius 2 is 1.84 bits per heavy atom. The van der Waals surface area contributed by atoms with Gasteiger partial charge in [-0.05, 0) is 37.3 Å². The lowest BCUT2D eigenvalue weighted by molar-refractivity contribution is -0.0846. The molecule has 5 nitrogen and oxygen atoms in total. The zero-order valence-corrected chi connectivity index (χ0v) is 14.8. The number of rotatable bonds is 8. The van der Waals surface area contributed by atoms with Gasteiger partial charge in [-0.25, -0.2) is 0 Å².